The number of ether oxygens (including phenoxy) is 1. The van der Waals surface area contributed by atoms with Crippen LogP contribution in [0.5, 0.6) is 0 Å². The molecular formula is C10H9N3O5. The normalized spacial score (nSPS) is 13.9. The van der Waals surface area contributed by atoms with Crippen LogP contribution in [-0.4, -0.2) is 41.9 Å². The lowest BCUT2D eigenvalue weighted by Gasteiger charge is -2.13. The van der Waals surface area contributed by atoms with Crippen LogP contribution in [0.2, 0.25) is 0 Å². The number of fused-ring (bicyclic) bond motifs is 1. The van der Waals surface area contributed by atoms with Crippen LogP contribution >= 0.6 is 0 Å². The SMILES string of the molecule is COCCN1C(=O)C(=O)c2cc([N+](=O)[O-])cnc21. The number of Topliss-reactive ketones (excluding diaryl/α,β-unsaturated/α-hetero) is 1. The molecule has 0 aromatic carbocycles. The molecule has 1 aromatic rings. The third kappa shape index (κ3) is 1.82. The van der Waals surface area contributed by atoms with Gasteiger partial charge >= 0.3 is 5.91 Å². The van der Waals surface area contributed by atoms with Gasteiger partial charge in [0.25, 0.3) is 11.5 Å². The first-order chi connectivity index (χ1) is 8.56. The fourth-order valence-corrected chi connectivity index (χ4v) is 1.65. The lowest BCUT2D eigenvalue weighted by molar-refractivity contribution is -0.385. The van der Waals surface area contributed by atoms with E-state index < -0.39 is 16.6 Å². The van der Waals surface area contributed by atoms with Crippen LogP contribution in [0.15, 0.2) is 12.3 Å². The molecule has 2 rings (SSSR count). The number of amides is 1. The molecule has 8 heteroatoms. The minimum absolute atomic E-state index is 0.0368. The van der Waals surface area contributed by atoms with Crippen LogP contribution in [0.25, 0.3) is 0 Å². The molecule has 0 atom stereocenters. The van der Waals surface area contributed by atoms with Gasteiger partial charge in [-0.05, 0) is 0 Å². The number of hydrogen-bond acceptors (Lipinski definition) is 6. The van der Waals surface area contributed by atoms with E-state index in [0.29, 0.717) is 0 Å². The van der Waals surface area contributed by atoms with Gasteiger partial charge in [-0.25, -0.2) is 4.98 Å². The third-order valence-corrected chi connectivity index (χ3v) is 2.52. The van der Waals surface area contributed by atoms with E-state index in [0.717, 1.165) is 17.2 Å². The van der Waals surface area contributed by atoms with Crippen molar-refractivity contribution in [3.63, 3.8) is 0 Å². The number of pyridine rings is 1. The minimum Gasteiger partial charge on any atom is -0.383 e. The number of ketones is 1. The summed E-state index contributed by atoms with van der Waals surface area (Å²) in [6.07, 6.45) is 1.02. The number of anilines is 1. The zero-order valence-electron chi connectivity index (χ0n) is 9.45. The second kappa shape index (κ2) is 4.49. The van der Waals surface area contributed by atoms with Crippen LogP contribution in [0.3, 0.4) is 0 Å². The summed E-state index contributed by atoms with van der Waals surface area (Å²) in [7, 11) is 1.46. The van der Waals surface area contributed by atoms with Crippen molar-refractivity contribution in [3.8, 4) is 0 Å². The highest BCUT2D eigenvalue weighted by Crippen LogP contribution is 2.28. The molecule has 0 fully saturated rings. The van der Waals surface area contributed by atoms with E-state index in [-0.39, 0.29) is 30.2 Å². The van der Waals surface area contributed by atoms with Gasteiger partial charge in [-0.3, -0.25) is 24.6 Å². The van der Waals surface area contributed by atoms with Crippen LogP contribution in [0.4, 0.5) is 11.5 Å². The molecule has 18 heavy (non-hydrogen) atoms. The van der Waals surface area contributed by atoms with Crippen molar-refractivity contribution in [1.82, 2.24) is 4.98 Å². The molecule has 1 aliphatic heterocycles. The molecule has 0 N–H and O–H groups in total. The Morgan fingerprint density at radius 3 is 2.83 bits per heavy atom. The van der Waals surface area contributed by atoms with Crippen molar-refractivity contribution in [2.24, 2.45) is 0 Å². The number of carbonyl (C=O) groups excluding carboxylic acids is 2. The van der Waals surface area contributed by atoms with Gasteiger partial charge in [0.1, 0.15) is 12.0 Å². The van der Waals surface area contributed by atoms with E-state index in [2.05, 4.69) is 4.98 Å². The average Bonchev–Trinajstić information content (AvgIpc) is 2.60. The van der Waals surface area contributed by atoms with Crippen molar-refractivity contribution < 1.29 is 19.2 Å². The molecule has 1 amide bonds. The van der Waals surface area contributed by atoms with Crippen LogP contribution in [0, 0.1) is 10.1 Å². The van der Waals surface area contributed by atoms with Gasteiger partial charge in [-0.15, -0.1) is 0 Å². The summed E-state index contributed by atoms with van der Waals surface area (Å²) < 4.78 is 4.82. The van der Waals surface area contributed by atoms with Gasteiger partial charge in [-0.1, -0.05) is 0 Å². The van der Waals surface area contributed by atoms with E-state index in [1.165, 1.54) is 7.11 Å². The molecule has 0 saturated carbocycles. The average molecular weight is 251 g/mol. The van der Waals surface area contributed by atoms with Gasteiger partial charge in [-0.2, -0.15) is 0 Å². The second-order valence-corrected chi connectivity index (χ2v) is 3.60. The predicted molar refractivity (Wildman–Crippen MR) is 59.5 cm³/mol. The first-order valence-corrected chi connectivity index (χ1v) is 5.06. The molecule has 8 nitrogen and oxygen atoms in total. The first-order valence-electron chi connectivity index (χ1n) is 5.06. The third-order valence-electron chi connectivity index (χ3n) is 2.52. The topological polar surface area (TPSA) is 103 Å². The highest BCUT2D eigenvalue weighted by Gasteiger charge is 2.38. The molecule has 2 heterocycles. The van der Waals surface area contributed by atoms with Crippen LogP contribution in [-0.2, 0) is 9.53 Å². The van der Waals surface area contributed by atoms with E-state index in [1.54, 1.807) is 0 Å². The number of hydrogen-bond donors (Lipinski definition) is 0. The summed E-state index contributed by atoms with van der Waals surface area (Å²) in [5.41, 5.74) is -0.353. The highest BCUT2D eigenvalue weighted by atomic mass is 16.6. The lowest BCUT2D eigenvalue weighted by atomic mass is 10.2. The molecule has 0 saturated heterocycles. The predicted octanol–water partition coefficient (Wildman–Crippen LogP) is 0.165. The molecule has 0 unspecified atom stereocenters. The lowest BCUT2D eigenvalue weighted by Crippen LogP contribution is -2.33. The fourth-order valence-electron chi connectivity index (χ4n) is 1.65. The minimum atomic E-state index is -0.780. The number of methoxy groups -OCH3 is 1. The van der Waals surface area contributed by atoms with Crippen molar-refractivity contribution in [2.45, 2.75) is 0 Å². The zero-order chi connectivity index (χ0) is 13.3. The Hall–Kier alpha value is -2.35. The Labute approximate surface area is 101 Å². The Bertz CT molecular complexity index is 542. The van der Waals surface area contributed by atoms with Crippen molar-refractivity contribution >= 4 is 23.2 Å². The summed E-state index contributed by atoms with van der Waals surface area (Å²) in [5, 5.41) is 10.6. The van der Waals surface area contributed by atoms with Crippen molar-refractivity contribution in [2.75, 3.05) is 25.2 Å². The molecule has 0 aliphatic carbocycles. The Kier molecular flexibility index (Phi) is 3.02. The number of nitro groups is 1. The number of nitrogens with zero attached hydrogens (tertiary/aromatic N) is 3. The smallest absolute Gasteiger partial charge is 0.300 e. The van der Waals surface area contributed by atoms with Gasteiger partial charge < -0.3 is 4.74 Å². The highest BCUT2D eigenvalue weighted by molar-refractivity contribution is 6.52. The van der Waals surface area contributed by atoms with Crippen LogP contribution in [0.1, 0.15) is 10.4 Å². The summed E-state index contributed by atoms with van der Waals surface area (Å²) in [6.45, 7) is 0.427. The van der Waals surface area contributed by atoms with Crippen molar-refractivity contribution in [3.05, 3.63) is 27.9 Å². The largest absolute Gasteiger partial charge is 0.383 e. The monoisotopic (exact) mass is 251 g/mol. The second-order valence-electron chi connectivity index (χ2n) is 3.60. The van der Waals surface area contributed by atoms with E-state index >= 15 is 0 Å². The maximum Gasteiger partial charge on any atom is 0.300 e. The Morgan fingerprint density at radius 1 is 1.50 bits per heavy atom. The summed E-state index contributed by atoms with van der Waals surface area (Å²) in [6, 6.07) is 1.06. The zero-order valence-corrected chi connectivity index (χ0v) is 9.45. The number of aromatic nitrogens is 1. The molecule has 0 spiro atoms. The summed E-state index contributed by atoms with van der Waals surface area (Å²) in [5.74, 6) is -1.37. The van der Waals surface area contributed by atoms with E-state index in [9.17, 15) is 19.7 Å². The quantitative estimate of drug-likeness (QED) is 0.429. The summed E-state index contributed by atoms with van der Waals surface area (Å²) >= 11 is 0. The maximum absolute atomic E-state index is 11.7. The maximum atomic E-state index is 11.7. The molecule has 94 valence electrons. The van der Waals surface area contributed by atoms with E-state index in [4.69, 9.17) is 4.74 Å². The van der Waals surface area contributed by atoms with Gasteiger partial charge in [0.2, 0.25) is 0 Å². The van der Waals surface area contributed by atoms with E-state index in [1.807, 2.05) is 0 Å². The van der Waals surface area contributed by atoms with Crippen molar-refractivity contribution in [1.29, 1.82) is 0 Å². The fraction of sp³-hybridized carbons (Fsp3) is 0.300. The van der Waals surface area contributed by atoms with Gasteiger partial charge in [0.05, 0.1) is 23.6 Å². The molecule has 1 aliphatic rings. The van der Waals surface area contributed by atoms with Crippen LogP contribution < -0.4 is 4.90 Å². The summed E-state index contributed by atoms with van der Waals surface area (Å²) in [4.78, 5) is 38.2. The molecule has 0 bridgehead atoms. The molecule has 1 aromatic heterocycles. The Balaban J connectivity index is 2.41. The Morgan fingerprint density at radius 2 is 2.22 bits per heavy atom. The first kappa shape index (κ1) is 12.1. The van der Waals surface area contributed by atoms with Gasteiger partial charge in [0.15, 0.2) is 0 Å². The number of carbonyl (C=O) groups is 2. The molecule has 0 radical (unpaired) electrons. The molecular weight excluding hydrogens is 242 g/mol. The number of rotatable bonds is 4. The standard InChI is InChI=1S/C10H9N3O5/c1-18-3-2-12-9-7(8(14)10(12)15)4-6(5-11-9)13(16)17/h4-5H,2-3H2,1H3. The van der Waals surface area contributed by atoms with Gasteiger partial charge in [0, 0.05) is 13.2 Å².